The van der Waals surface area contributed by atoms with Gasteiger partial charge in [-0.15, -0.1) is 0 Å². The zero-order valence-corrected chi connectivity index (χ0v) is 10.8. The maximum atomic E-state index is 9.36. The second kappa shape index (κ2) is 4.90. The standard InChI is InChI=1S/C14H12ClNO3/c15-11-6-10(4-5-12(11)17)16-7-9-2-1-3-13-14(9)19-8-18-13/h1-6,16-17H,7-8H2. The van der Waals surface area contributed by atoms with Crippen LogP contribution in [0.5, 0.6) is 17.2 Å². The van der Waals surface area contributed by atoms with E-state index in [0.717, 1.165) is 22.7 Å². The van der Waals surface area contributed by atoms with Crippen LogP contribution in [0.25, 0.3) is 0 Å². The number of halogens is 1. The van der Waals surface area contributed by atoms with Crippen molar-refractivity contribution in [3.05, 3.63) is 47.0 Å². The van der Waals surface area contributed by atoms with Crippen molar-refractivity contribution in [3.63, 3.8) is 0 Å². The minimum atomic E-state index is 0.0737. The lowest BCUT2D eigenvalue weighted by Gasteiger charge is -2.09. The monoisotopic (exact) mass is 277 g/mol. The number of nitrogens with one attached hydrogen (secondary N) is 1. The van der Waals surface area contributed by atoms with Gasteiger partial charge in [0.2, 0.25) is 6.79 Å². The maximum Gasteiger partial charge on any atom is 0.231 e. The molecule has 0 aromatic heterocycles. The second-order valence-corrected chi connectivity index (χ2v) is 4.58. The van der Waals surface area contributed by atoms with E-state index in [9.17, 15) is 5.11 Å². The Kier molecular flexibility index (Phi) is 3.09. The minimum absolute atomic E-state index is 0.0737. The van der Waals surface area contributed by atoms with Crippen molar-refractivity contribution in [2.75, 3.05) is 12.1 Å². The normalized spacial score (nSPS) is 12.5. The highest BCUT2D eigenvalue weighted by atomic mass is 35.5. The lowest BCUT2D eigenvalue weighted by molar-refractivity contribution is 0.173. The van der Waals surface area contributed by atoms with Gasteiger partial charge in [-0.25, -0.2) is 0 Å². The van der Waals surface area contributed by atoms with Gasteiger partial charge in [0, 0.05) is 17.8 Å². The topological polar surface area (TPSA) is 50.7 Å². The third-order valence-electron chi connectivity index (χ3n) is 2.91. The van der Waals surface area contributed by atoms with Crippen LogP contribution in [0.4, 0.5) is 5.69 Å². The van der Waals surface area contributed by atoms with Crippen molar-refractivity contribution >= 4 is 17.3 Å². The molecule has 2 aromatic carbocycles. The third kappa shape index (κ3) is 2.39. The molecule has 1 aliphatic heterocycles. The Morgan fingerprint density at radius 1 is 1.21 bits per heavy atom. The predicted molar refractivity (Wildman–Crippen MR) is 73.0 cm³/mol. The van der Waals surface area contributed by atoms with Crippen LogP contribution in [0.1, 0.15) is 5.56 Å². The highest BCUT2D eigenvalue weighted by molar-refractivity contribution is 6.32. The summed E-state index contributed by atoms with van der Waals surface area (Å²) in [6.45, 7) is 0.852. The fraction of sp³-hybridized carbons (Fsp3) is 0.143. The maximum absolute atomic E-state index is 9.36. The first-order chi connectivity index (χ1) is 9.24. The molecule has 2 aromatic rings. The zero-order valence-electron chi connectivity index (χ0n) is 10.0. The molecule has 5 heteroatoms. The van der Waals surface area contributed by atoms with Gasteiger partial charge >= 0.3 is 0 Å². The number of ether oxygens (including phenoxy) is 2. The highest BCUT2D eigenvalue weighted by Crippen LogP contribution is 2.35. The molecule has 0 spiro atoms. The molecule has 1 aliphatic rings. The average molecular weight is 278 g/mol. The Bertz CT molecular complexity index is 616. The molecule has 0 saturated carbocycles. The summed E-state index contributed by atoms with van der Waals surface area (Å²) in [5.74, 6) is 1.62. The van der Waals surface area contributed by atoms with E-state index in [2.05, 4.69) is 5.32 Å². The molecule has 4 nitrogen and oxygen atoms in total. The van der Waals surface area contributed by atoms with E-state index in [1.54, 1.807) is 18.2 Å². The Hall–Kier alpha value is -2.07. The molecule has 0 atom stereocenters. The van der Waals surface area contributed by atoms with Crippen LogP contribution in [0.3, 0.4) is 0 Å². The molecule has 0 fully saturated rings. The van der Waals surface area contributed by atoms with Crippen LogP contribution in [0, 0.1) is 0 Å². The molecule has 1 heterocycles. The lowest BCUT2D eigenvalue weighted by Crippen LogP contribution is -2.01. The summed E-state index contributed by atoms with van der Waals surface area (Å²) in [5, 5.41) is 12.9. The van der Waals surface area contributed by atoms with Gasteiger partial charge in [-0.2, -0.15) is 0 Å². The fourth-order valence-electron chi connectivity index (χ4n) is 1.94. The van der Waals surface area contributed by atoms with Crippen LogP contribution in [-0.2, 0) is 6.54 Å². The molecule has 0 radical (unpaired) electrons. The number of fused-ring (bicyclic) bond motifs is 1. The predicted octanol–water partition coefficient (Wildman–Crippen LogP) is 3.39. The number of aromatic hydroxyl groups is 1. The fourth-order valence-corrected chi connectivity index (χ4v) is 2.12. The van der Waals surface area contributed by atoms with Crippen LogP contribution >= 0.6 is 11.6 Å². The summed E-state index contributed by atoms with van der Waals surface area (Å²) in [6, 6.07) is 10.8. The van der Waals surface area contributed by atoms with Crippen molar-refractivity contribution in [2.45, 2.75) is 6.54 Å². The van der Waals surface area contributed by atoms with Crippen molar-refractivity contribution in [1.82, 2.24) is 0 Å². The van der Waals surface area contributed by atoms with Gasteiger partial charge < -0.3 is 19.9 Å². The molecular weight excluding hydrogens is 266 g/mol. The summed E-state index contributed by atoms with van der Waals surface area (Å²) in [7, 11) is 0. The summed E-state index contributed by atoms with van der Waals surface area (Å²) >= 11 is 5.85. The Balaban J connectivity index is 1.76. The minimum Gasteiger partial charge on any atom is -0.506 e. The van der Waals surface area contributed by atoms with Gasteiger partial charge in [0.25, 0.3) is 0 Å². The highest BCUT2D eigenvalue weighted by Gasteiger charge is 2.16. The summed E-state index contributed by atoms with van der Waals surface area (Å²) in [4.78, 5) is 0. The van der Waals surface area contributed by atoms with E-state index in [1.165, 1.54) is 0 Å². The molecule has 0 amide bonds. The average Bonchev–Trinajstić information content (AvgIpc) is 2.89. The molecule has 19 heavy (non-hydrogen) atoms. The second-order valence-electron chi connectivity index (χ2n) is 4.17. The van der Waals surface area contributed by atoms with Gasteiger partial charge in [-0.3, -0.25) is 0 Å². The van der Waals surface area contributed by atoms with Gasteiger partial charge in [-0.1, -0.05) is 23.7 Å². The van der Waals surface area contributed by atoms with Gasteiger partial charge in [0.1, 0.15) is 5.75 Å². The van der Waals surface area contributed by atoms with E-state index in [0.29, 0.717) is 11.6 Å². The van der Waals surface area contributed by atoms with Crippen LogP contribution in [-0.4, -0.2) is 11.9 Å². The number of benzene rings is 2. The van der Waals surface area contributed by atoms with Crippen molar-refractivity contribution in [1.29, 1.82) is 0 Å². The van der Waals surface area contributed by atoms with Crippen molar-refractivity contribution in [3.8, 4) is 17.2 Å². The number of hydrogen-bond donors (Lipinski definition) is 2. The molecule has 0 saturated heterocycles. The van der Waals surface area contributed by atoms with E-state index < -0.39 is 0 Å². The van der Waals surface area contributed by atoms with Gasteiger partial charge in [0.05, 0.1) is 5.02 Å². The number of rotatable bonds is 3. The Labute approximate surface area is 115 Å². The summed E-state index contributed by atoms with van der Waals surface area (Å²) in [5.41, 5.74) is 1.85. The van der Waals surface area contributed by atoms with E-state index in [4.69, 9.17) is 21.1 Å². The Morgan fingerprint density at radius 3 is 2.95 bits per heavy atom. The quantitative estimate of drug-likeness (QED) is 0.845. The largest absolute Gasteiger partial charge is 0.506 e. The number of anilines is 1. The SMILES string of the molecule is Oc1ccc(NCc2cccc3c2OCO3)cc1Cl. The number of para-hydroxylation sites is 1. The summed E-state index contributed by atoms with van der Waals surface area (Å²) < 4.78 is 10.8. The number of phenols is 1. The van der Waals surface area contributed by atoms with E-state index in [-0.39, 0.29) is 12.5 Å². The first-order valence-corrected chi connectivity index (χ1v) is 6.22. The molecule has 98 valence electrons. The molecule has 0 aliphatic carbocycles. The number of phenolic OH excluding ortho intramolecular Hbond substituents is 1. The first-order valence-electron chi connectivity index (χ1n) is 5.84. The zero-order chi connectivity index (χ0) is 13.2. The van der Waals surface area contributed by atoms with Crippen LogP contribution < -0.4 is 14.8 Å². The Morgan fingerprint density at radius 2 is 2.11 bits per heavy atom. The van der Waals surface area contributed by atoms with Crippen molar-refractivity contribution in [2.24, 2.45) is 0 Å². The molecule has 0 bridgehead atoms. The van der Waals surface area contributed by atoms with Gasteiger partial charge in [0.15, 0.2) is 11.5 Å². The number of hydrogen-bond acceptors (Lipinski definition) is 4. The third-order valence-corrected chi connectivity index (χ3v) is 3.21. The molecule has 0 unspecified atom stereocenters. The first kappa shape index (κ1) is 12.0. The smallest absolute Gasteiger partial charge is 0.231 e. The van der Waals surface area contributed by atoms with Gasteiger partial charge in [-0.05, 0) is 24.3 Å². The van der Waals surface area contributed by atoms with Crippen LogP contribution in [0.15, 0.2) is 36.4 Å². The van der Waals surface area contributed by atoms with E-state index >= 15 is 0 Å². The molecule has 2 N–H and O–H groups in total. The summed E-state index contributed by atoms with van der Waals surface area (Å²) in [6.07, 6.45) is 0. The lowest BCUT2D eigenvalue weighted by atomic mass is 10.2. The van der Waals surface area contributed by atoms with E-state index in [1.807, 2.05) is 18.2 Å². The molecule has 3 rings (SSSR count). The van der Waals surface area contributed by atoms with Crippen molar-refractivity contribution < 1.29 is 14.6 Å². The molecular formula is C14H12ClNO3. The van der Waals surface area contributed by atoms with Crippen LogP contribution in [0.2, 0.25) is 5.02 Å².